The summed E-state index contributed by atoms with van der Waals surface area (Å²) in [4.78, 5) is 18.0. The van der Waals surface area contributed by atoms with Crippen LogP contribution in [-0.4, -0.2) is 49.6 Å². The number of nitrogens with one attached hydrogen (secondary N) is 1. The van der Waals surface area contributed by atoms with Crippen molar-refractivity contribution in [1.82, 2.24) is 15.2 Å². The number of anilines is 1. The number of nitrogen functional groups attached to an aromatic ring is 1. The zero-order valence-corrected chi connectivity index (χ0v) is 12.7. The molecule has 0 saturated heterocycles. The molecule has 1 heterocycles. The summed E-state index contributed by atoms with van der Waals surface area (Å²) in [7, 11) is 3.49. The van der Waals surface area contributed by atoms with Gasteiger partial charge in [-0.15, -0.1) is 0 Å². The number of carbonyl (C=O) groups excluding carboxylic acids is 1. The molecule has 20 heavy (non-hydrogen) atoms. The van der Waals surface area contributed by atoms with Crippen LogP contribution in [0.2, 0.25) is 0 Å². The van der Waals surface area contributed by atoms with Crippen molar-refractivity contribution in [2.75, 3.05) is 39.6 Å². The molecule has 0 bridgehead atoms. The zero-order valence-electron chi connectivity index (χ0n) is 12.7. The van der Waals surface area contributed by atoms with E-state index in [4.69, 9.17) is 10.5 Å². The fourth-order valence-corrected chi connectivity index (χ4v) is 1.86. The Balaban J connectivity index is 2.52. The van der Waals surface area contributed by atoms with E-state index in [0.717, 1.165) is 22.5 Å². The third-order valence-electron chi connectivity index (χ3n) is 3.14. The summed E-state index contributed by atoms with van der Waals surface area (Å²) in [6.07, 6.45) is 1.77. The molecular formula is C14H24N4O2. The Kier molecular flexibility index (Phi) is 6.41. The topological polar surface area (TPSA) is 80.5 Å². The minimum atomic E-state index is -0.0257. The lowest BCUT2D eigenvalue weighted by molar-refractivity contribution is -0.122. The number of methoxy groups -OCH3 is 1. The summed E-state index contributed by atoms with van der Waals surface area (Å²) in [6.45, 7) is 5.85. The van der Waals surface area contributed by atoms with Crippen molar-refractivity contribution in [2.24, 2.45) is 0 Å². The Morgan fingerprint density at radius 3 is 2.85 bits per heavy atom. The first kappa shape index (κ1) is 16.4. The molecule has 6 heteroatoms. The number of carbonyl (C=O) groups is 1. The van der Waals surface area contributed by atoms with E-state index < -0.39 is 0 Å². The SMILES string of the molecule is COCCNC(=O)CN(C)Cc1ncc(C)c(N)c1C. The molecule has 0 aromatic carbocycles. The molecule has 1 aromatic rings. The van der Waals surface area contributed by atoms with Crippen LogP contribution >= 0.6 is 0 Å². The highest BCUT2D eigenvalue weighted by molar-refractivity contribution is 5.77. The first-order valence-corrected chi connectivity index (χ1v) is 6.60. The number of likely N-dealkylation sites (N-methyl/N-ethyl adjacent to an activating group) is 1. The van der Waals surface area contributed by atoms with Gasteiger partial charge in [-0.1, -0.05) is 0 Å². The number of rotatable bonds is 7. The molecule has 0 aliphatic carbocycles. The molecule has 112 valence electrons. The van der Waals surface area contributed by atoms with E-state index in [1.54, 1.807) is 13.3 Å². The highest BCUT2D eigenvalue weighted by Crippen LogP contribution is 2.18. The van der Waals surface area contributed by atoms with Crippen LogP contribution < -0.4 is 11.1 Å². The van der Waals surface area contributed by atoms with E-state index in [0.29, 0.717) is 26.2 Å². The predicted molar refractivity (Wildman–Crippen MR) is 79.3 cm³/mol. The van der Waals surface area contributed by atoms with Crippen LogP contribution in [0.3, 0.4) is 0 Å². The molecular weight excluding hydrogens is 256 g/mol. The maximum Gasteiger partial charge on any atom is 0.234 e. The molecule has 0 fully saturated rings. The predicted octanol–water partition coefficient (Wildman–Crippen LogP) is 0.475. The Morgan fingerprint density at radius 1 is 1.50 bits per heavy atom. The fraction of sp³-hybridized carbons (Fsp3) is 0.571. The number of aromatic nitrogens is 1. The van der Waals surface area contributed by atoms with Gasteiger partial charge in [0.25, 0.3) is 0 Å². The van der Waals surface area contributed by atoms with Crippen molar-refractivity contribution in [2.45, 2.75) is 20.4 Å². The standard InChI is InChI=1S/C14H24N4O2/c1-10-7-17-12(11(2)14(10)15)8-18(3)9-13(19)16-5-6-20-4/h7H,5-6,8-9H2,1-4H3,(H2,15,17)(H,16,19). The lowest BCUT2D eigenvalue weighted by Gasteiger charge is -2.18. The second kappa shape index (κ2) is 7.81. The summed E-state index contributed by atoms with van der Waals surface area (Å²) in [5.41, 5.74) is 9.62. The Hall–Kier alpha value is -1.66. The number of pyridine rings is 1. The van der Waals surface area contributed by atoms with Crippen molar-refractivity contribution >= 4 is 11.6 Å². The number of nitrogens with zero attached hydrogens (tertiary/aromatic N) is 2. The van der Waals surface area contributed by atoms with Crippen LogP contribution in [0, 0.1) is 13.8 Å². The summed E-state index contributed by atoms with van der Waals surface area (Å²) in [5, 5.41) is 2.78. The van der Waals surface area contributed by atoms with Crippen LogP contribution in [0.1, 0.15) is 16.8 Å². The monoisotopic (exact) mass is 280 g/mol. The average molecular weight is 280 g/mol. The van der Waals surface area contributed by atoms with Crippen LogP contribution in [0.15, 0.2) is 6.20 Å². The zero-order chi connectivity index (χ0) is 15.1. The maximum absolute atomic E-state index is 11.7. The third kappa shape index (κ3) is 4.79. The number of amides is 1. The highest BCUT2D eigenvalue weighted by Gasteiger charge is 2.11. The van der Waals surface area contributed by atoms with Gasteiger partial charge in [0, 0.05) is 32.1 Å². The second-order valence-corrected chi connectivity index (χ2v) is 4.94. The Labute approximate surface area is 120 Å². The lowest BCUT2D eigenvalue weighted by Crippen LogP contribution is -2.36. The molecule has 1 amide bonds. The summed E-state index contributed by atoms with van der Waals surface area (Å²) in [5.74, 6) is -0.0257. The van der Waals surface area contributed by atoms with Gasteiger partial charge in [-0.05, 0) is 32.0 Å². The van der Waals surface area contributed by atoms with E-state index >= 15 is 0 Å². The molecule has 1 aromatic heterocycles. The Morgan fingerprint density at radius 2 is 2.20 bits per heavy atom. The van der Waals surface area contributed by atoms with Crippen LogP contribution in [-0.2, 0) is 16.1 Å². The van der Waals surface area contributed by atoms with Crippen LogP contribution in [0.4, 0.5) is 5.69 Å². The minimum Gasteiger partial charge on any atom is -0.398 e. The summed E-state index contributed by atoms with van der Waals surface area (Å²) >= 11 is 0. The van der Waals surface area contributed by atoms with Crippen molar-refractivity contribution in [3.63, 3.8) is 0 Å². The number of nitrogens with two attached hydrogens (primary N) is 1. The van der Waals surface area contributed by atoms with E-state index in [9.17, 15) is 4.79 Å². The normalized spacial score (nSPS) is 10.8. The maximum atomic E-state index is 11.7. The van der Waals surface area contributed by atoms with Crippen LogP contribution in [0.25, 0.3) is 0 Å². The molecule has 6 nitrogen and oxygen atoms in total. The van der Waals surface area contributed by atoms with Gasteiger partial charge in [0.15, 0.2) is 0 Å². The molecule has 0 spiro atoms. The van der Waals surface area contributed by atoms with Gasteiger partial charge >= 0.3 is 0 Å². The van der Waals surface area contributed by atoms with Crippen molar-refractivity contribution in [3.8, 4) is 0 Å². The number of ether oxygens (including phenoxy) is 1. The summed E-state index contributed by atoms with van der Waals surface area (Å²) < 4.78 is 4.88. The number of aryl methyl sites for hydroxylation is 1. The lowest BCUT2D eigenvalue weighted by atomic mass is 10.1. The van der Waals surface area contributed by atoms with E-state index in [-0.39, 0.29) is 5.91 Å². The average Bonchev–Trinajstić information content (AvgIpc) is 2.40. The molecule has 1 rings (SSSR count). The van der Waals surface area contributed by atoms with E-state index in [1.165, 1.54) is 0 Å². The van der Waals surface area contributed by atoms with Gasteiger partial charge in [-0.25, -0.2) is 0 Å². The van der Waals surface area contributed by atoms with Crippen molar-refractivity contribution in [3.05, 3.63) is 23.0 Å². The second-order valence-electron chi connectivity index (χ2n) is 4.94. The minimum absolute atomic E-state index is 0.0257. The number of hydrogen-bond donors (Lipinski definition) is 2. The molecule has 0 radical (unpaired) electrons. The molecule has 0 unspecified atom stereocenters. The first-order valence-electron chi connectivity index (χ1n) is 6.60. The quantitative estimate of drug-likeness (QED) is 0.710. The molecule has 0 aliphatic rings. The summed E-state index contributed by atoms with van der Waals surface area (Å²) in [6, 6.07) is 0. The third-order valence-corrected chi connectivity index (χ3v) is 3.14. The van der Waals surface area contributed by atoms with Gasteiger partial charge < -0.3 is 15.8 Å². The first-order chi connectivity index (χ1) is 9.45. The van der Waals surface area contributed by atoms with Gasteiger partial charge in [0.2, 0.25) is 5.91 Å². The van der Waals surface area contributed by atoms with Crippen LogP contribution in [0.5, 0.6) is 0 Å². The smallest absolute Gasteiger partial charge is 0.234 e. The molecule has 0 saturated carbocycles. The van der Waals surface area contributed by atoms with E-state index in [1.807, 2.05) is 25.8 Å². The van der Waals surface area contributed by atoms with Crippen molar-refractivity contribution < 1.29 is 9.53 Å². The van der Waals surface area contributed by atoms with Gasteiger partial charge in [-0.3, -0.25) is 14.7 Å². The van der Waals surface area contributed by atoms with Crippen molar-refractivity contribution in [1.29, 1.82) is 0 Å². The fourth-order valence-electron chi connectivity index (χ4n) is 1.86. The van der Waals surface area contributed by atoms with Gasteiger partial charge in [-0.2, -0.15) is 0 Å². The molecule has 0 aliphatic heterocycles. The van der Waals surface area contributed by atoms with E-state index in [2.05, 4.69) is 10.3 Å². The van der Waals surface area contributed by atoms with Gasteiger partial charge in [0.05, 0.1) is 18.8 Å². The Bertz CT molecular complexity index is 463. The highest BCUT2D eigenvalue weighted by atomic mass is 16.5. The largest absolute Gasteiger partial charge is 0.398 e. The molecule has 3 N–H and O–H groups in total. The van der Waals surface area contributed by atoms with Gasteiger partial charge in [0.1, 0.15) is 0 Å². The number of hydrogen-bond acceptors (Lipinski definition) is 5. The molecule has 0 atom stereocenters.